The Kier molecular flexibility index (Phi) is 4.89. The van der Waals surface area contributed by atoms with Crippen molar-refractivity contribution in [2.45, 2.75) is 46.2 Å². The number of hydrogen-bond acceptors (Lipinski definition) is 4. The fourth-order valence-corrected chi connectivity index (χ4v) is 4.12. The Balaban J connectivity index is 1.89. The smallest absolute Gasteiger partial charge is 0.254 e. The topological polar surface area (TPSA) is 71.2 Å². The molecule has 2 aromatic heterocycles. The van der Waals surface area contributed by atoms with Crippen molar-refractivity contribution < 1.29 is 9.90 Å². The van der Waals surface area contributed by atoms with Gasteiger partial charge in [-0.05, 0) is 51.3 Å². The molecule has 1 saturated heterocycles. The summed E-state index contributed by atoms with van der Waals surface area (Å²) >= 11 is 0. The van der Waals surface area contributed by atoms with Crippen LogP contribution in [-0.2, 0) is 6.54 Å². The van der Waals surface area contributed by atoms with Crippen LogP contribution < -0.4 is 0 Å². The molecular weight excluding hydrogens is 352 g/mol. The van der Waals surface area contributed by atoms with Crippen molar-refractivity contribution in [3.05, 3.63) is 47.3 Å². The second-order valence-electron chi connectivity index (χ2n) is 7.74. The van der Waals surface area contributed by atoms with Gasteiger partial charge in [-0.2, -0.15) is 5.10 Å². The number of carbonyl (C=O) groups excluding carboxylic acids is 1. The fraction of sp³-hybridized carbons (Fsp3) is 0.409. The molecule has 28 heavy (non-hydrogen) atoms. The van der Waals surface area contributed by atoms with Crippen LogP contribution in [0.1, 0.15) is 41.3 Å². The Morgan fingerprint density at radius 3 is 2.82 bits per heavy atom. The number of nitrogens with zero attached hydrogens (tertiary/aromatic N) is 4. The van der Waals surface area contributed by atoms with Crippen LogP contribution in [0.4, 0.5) is 0 Å². The molecule has 3 aromatic rings. The summed E-state index contributed by atoms with van der Waals surface area (Å²) in [6.45, 7) is 7.47. The molecule has 0 aliphatic carbocycles. The van der Waals surface area contributed by atoms with Crippen molar-refractivity contribution in [3.63, 3.8) is 0 Å². The molecule has 1 aliphatic rings. The molecule has 1 amide bonds. The standard InChI is InChI=1S/C22H26N4O2/c1-14-9-15(2)21-18(10-14)19(22(28)26-6-4-5-16(26)3)11-20(24-21)17-12-23-25(13-17)7-8-27/h9-13,16,27H,4-8H2,1-3H3. The molecule has 1 aromatic carbocycles. The summed E-state index contributed by atoms with van der Waals surface area (Å²) in [5, 5.41) is 14.3. The van der Waals surface area contributed by atoms with Crippen LogP contribution in [0.15, 0.2) is 30.6 Å². The third-order valence-corrected chi connectivity index (χ3v) is 5.55. The minimum atomic E-state index is 0.0290. The molecule has 0 saturated carbocycles. The molecule has 1 fully saturated rings. The van der Waals surface area contributed by atoms with Gasteiger partial charge in [-0.25, -0.2) is 4.98 Å². The van der Waals surface area contributed by atoms with Gasteiger partial charge in [0.05, 0.1) is 36.1 Å². The Morgan fingerprint density at radius 2 is 2.11 bits per heavy atom. The van der Waals surface area contributed by atoms with Crippen molar-refractivity contribution in [3.8, 4) is 11.3 Å². The highest BCUT2D eigenvalue weighted by Crippen LogP contribution is 2.30. The Labute approximate surface area is 164 Å². The van der Waals surface area contributed by atoms with Gasteiger partial charge in [0.15, 0.2) is 0 Å². The molecule has 1 atom stereocenters. The SMILES string of the molecule is Cc1cc(C)c2nc(-c3cnn(CCO)c3)cc(C(=O)N3CCCC3C)c2c1. The van der Waals surface area contributed by atoms with Crippen molar-refractivity contribution in [2.24, 2.45) is 0 Å². The van der Waals surface area contributed by atoms with Gasteiger partial charge in [0, 0.05) is 29.7 Å². The number of fused-ring (bicyclic) bond motifs is 1. The lowest BCUT2D eigenvalue weighted by atomic mass is 9.99. The minimum Gasteiger partial charge on any atom is -0.394 e. The van der Waals surface area contributed by atoms with E-state index in [-0.39, 0.29) is 18.6 Å². The summed E-state index contributed by atoms with van der Waals surface area (Å²) in [7, 11) is 0. The Hall–Kier alpha value is -2.73. The second kappa shape index (κ2) is 7.36. The number of aromatic nitrogens is 3. The molecule has 6 nitrogen and oxygen atoms in total. The monoisotopic (exact) mass is 378 g/mol. The normalized spacial score (nSPS) is 16.9. The quantitative estimate of drug-likeness (QED) is 0.756. The first-order chi connectivity index (χ1) is 13.5. The summed E-state index contributed by atoms with van der Waals surface area (Å²) in [5.74, 6) is 0.0754. The Morgan fingerprint density at radius 1 is 1.29 bits per heavy atom. The third-order valence-electron chi connectivity index (χ3n) is 5.55. The highest BCUT2D eigenvalue weighted by Gasteiger charge is 2.28. The number of pyridine rings is 1. The minimum absolute atomic E-state index is 0.0290. The van der Waals surface area contributed by atoms with Gasteiger partial charge in [0.25, 0.3) is 5.91 Å². The maximum Gasteiger partial charge on any atom is 0.254 e. The zero-order chi connectivity index (χ0) is 19.8. The summed E-state index contributed by atoms with van der Waals surface area (Å²) in [4.78, 5) is 20.3. The number of aliphatic hydroxyl groups is 1. The zero-order valence-corrected chi connectivity index (χ0v) is 16.6. The van der Waals surface area contributed by atoms with E-state index in [0.717, 1.165) is 52.7 Å². The first kappa shape index (κ1) is 18.6. The second-order valence-corrected chi connectivity index (χ2v) is 7.74. The van der Waals surface area contributed by atoms with E-state index in [0.29, 0.717) is 12.1 Å². The van der Waals surface area contributed by atoms with E-state index in [2.05, 4.69) is 24.2 Å². The van der Waals surface area contributed by atoms with Crippen LogP contribution in [0.2, 0.25) is 0 Å². The van der Waals surface area contributed by atoms with Gasteiger partial charge in [-0.1, -0.05) is 11.6 Å². The van der Waals surface area contributed by atoms with Crippen LogP contribution >= 0.6 is 0 Å². The van der Waals surface area contributed by atoms with Crippen molar-refractivity contribution in [1.29, 1.82) is 0 Å². The van der Waals surface area contributed by atoms with Crippen LogP contribution in [0.5, 0.6) is 0 Å². The maximum absolute atomic E-state index is 13.4. The Bertz CT molecular complexity index is 1040. The van der Waals surface area contributed by atoms with E-state index in [1.165, 1.54) is 0 Å². The number of benzene rings is 1. The van der Waals surface area contributed by atoms with Crippen molar-refractivity contribution >= 4 is 16.8 Å². The average molecular weight is 378 g/mol. The first-order valence-electron chi connectivity index (χ1n) is 9.84. The number of amides is 1. The molecule has 1 unspecified atom stereocenters. The van der Waals surface area contributed by atoms with Crippen molar-refractivity contribution in [2.75, 3.05) is 13.2 Å². The molecule has 1 aliphatic heterocycles. The lowest BCUT2D eigenvalue weighted by Gasteiger charge is -2.23. The number of aryl methyl sites for hydroxylation is 2. The maximum atomic E-state index is 13.4. The van der Waals surface area contributed by atoms with Gasteiger partial charge >= 0.3 is 0 Å². The molecule has 146 valence electrons. The number of carbonyl (C=O) groups is 1. The number of likely N-dealkylation sites (tertiary alicyclic amines) is 1. The van der Waals surface area contributed by atoms with Crippen molar-refractivity contribution in [1.82, 2.24) is 19.7 Å². The van der Waals surface area contributed by atoms with Crippen LogP contribution in [0, 0.1) is 13.8 Å². The van der Waals surface area contributed by atoms with Gasteiger partial charge in [-0.15, -0.1) is 0 Å². The van der Waals surface area contributed by atoms with E-state index < -0.39 is 0 Å². The largest absolute Gasteiger partial charge is 0.394 e. The molecule has 0 spiro atoms. The molecule has 6 heteroatoms. The summed E-state index contributed by atoms with van der Waals surface area (Å²) in [5.41, 5.74) is 5.32. The van der Waals surface area contributed by atoms with Crippen LogP contribution in [-0.4, -0.2) is 49.9 Å². The van der Waals surface area contributed by atoms with Gasteiger partial charge in [0.1, 0.15) is 0 Å². The summed E-state index contributed by atoms with van der Waals surface area (Å²) in [6, 6.07) is 6.32. The van der Waals surface area contributed by atoms with E-state index in [1.54, 1.807) is 10.9 Å². The molecule has 0 bridgehead atoms. The molecule has 0 radical (unpaired) electrons. The third kappa shape index (κ3) is 3.29. The van der Waals surface area contributed by atoms with E-state index in [4.69, 9.17) is 10.1 Å². The van der Waals surface area contributed by atoms with Gasteiger partial charge < -0.3 is 10.0 Å². The highest BCUT2D eigenvalue weighted by molar-refractivity contribution is 6.08. The predicted molar refractivity (Wildman–Crippen MR) is 109 cm³/mol. The molecule has 1 N–H and O–H groups in total. The number of hydrogen-bond donors (Lipinski definition) is 1. The number of rotatable bonds is 4. The summed E-state index contributed by atoms with van der Waals surface area (Å²) < 4.78 is 1.69. The van der Waals surface area contributed by atoms with Gasteiger partial charge in [-0.3, -0.25) is 9.48 Å². The van der Waals surface area contributed by atoms with Gasteiger partial charge in [0.2, 0.25) is 0 Å². The van der Waals surface area contributed by atoms with E-state index in [9.17, 15) is 4.79 Å². The molecule has 4 rings (SSSR count). The lowest BCUT2D eigenvalue weighted by molar-refractivity contribution is 0.0749. The first-order valence-corrected chi connectivity index (χ1v) is 9.84. The van der Waals surface area contributed by atoms with Crippen LogP contribution in [0.3, 0.4) is 0 Å². The molecular formula is C22H26N4O2. The van der Waals surface area contributed by atoms with E-state index >= 15 is 0 Å². The molecule has 3 heterocycles. The summed E-state index contributed by atoms with van der Waals surface area (Å²) in [6.07, 6.45) is 5.70. The predicted octanol–water partition coefficient (Wildman–Crippen LogP) is 3.33. The van der Waals surface area contributed by atoms with Crippen LogP contribution in [0.25, 0.3) is 22.2 Å². The average Bonchev–Trinajstić information content (AvgIpc) is 3.30. The fourth-order valence-electron chi connectivity index (χ4n) is 4.12. The lowest BCUT2D eigenvalue weighted by Crippen LogP contribution is -2.33. The zero-order valence-electron chi connectivity index (χ0n) is 16.6. The highest BCUT2D eigenvalue weighted by atomic mass is 16.3. The van der Waals surface area contributed by atoms with E-state index in [1.807, 2.05) is 31.0 Å². The number of aliphatic hydroxyl groups excluding tert-OH is 1.